The third-order valence-electron chi connectivity index (χ3n) is 4.34. The molecule has 6 nitrogen and oxygen atoms in total. The molecule has 2 N–H and O–H groups in total. The van der Waals surface area contributed by atoms with E-state index in [0.29, 0.717) is 5.69 Å². The lowest BCUT2D eigenvalue weighted by Gasteiger charge is -2.14. The van der Waals surface area contributed by atoms with Gasteiger partial charge in [0.25, 0.3) is 10.0 Å². The zero-order chi connectivity index (χ0) is 22.4. The molecule has 0 aromatic heterocycles. The van der Waals surface area contributed by atoms with E-state index in [0.717, 1.165) is 11.1 Å². The summed E-state index contributed by atoms with van der Waals surface area (Å²) >= 11 is 6.06. The zero-order valence-electron chi connectivity index (χ0n) is 16.9. The summed E-state index contributed by atoms with van der Waals surface area (Å²) in [5.74, 6) is -0.263. The van der Waals surface area contributed by atoms with Crippen molar-refractivity contribution in [1.82, 2.24) is 0 Å². The predicted octanol–water partition coefficient (Wildman–Crippen LogP) is 5.11. The Morgan fingerprint density at radius 2 is 1.74 bits per heavy atom. The van der Waals surface area contributed by atoms with E-state index in [2.05, 4.69) is 10.0 Å². The first-order valence-electron chi connectivity index (χ1n) is 9.29. The molecule has 31 heavy (non-hydrogen) atoms. The maximum absolute atomic E-state index is 12.9. The van der Waals surface area contributed by atoms with Crippen LogP contribution in [-0.2, 0) is 14.8 Å². The molecule has 0 spiro atoms. The van der Waals surface area contributed by atoms with E-state index in [4.69, 9.17) is 16.3 Å². The highest BCUT2D eigenvalue weighted by Gasteiger charge is 2.21. The van der Waals surface area contributed by atoms with Crippen molar-refractivity contribution in [3.63, 3.8) is 0 Å². The number of anilines is 2. The lowest BCUT2D eigenvalue weighted by Crippen LogP contribution is -2.15. The molecule has 3 aromatic carbocycles. The number of hydrogen-bond donors (Lipinski definition) is 2. The molecule has 0 aliphatic rings. The number of methoxy groups -OCH3 is 1. The van der Waals surface area contributed by atoms with Crippen LogP contribution in [0.1, 0.15) is 11.1 Å². The third kappa shape index (κ3) is 5.87. The molecule has 0 aliphatic heterocycles. The van der Waals surface area contributed by atoms with Crippen LogP contribution in [0.15, 0.2) is 77.7 Å². The van der Waals surface area contributed by atoms with Crippen LogP contribution in [0.25, 0.3) is 6.08 Å². The Morgan fingerprint density at radius 3 is 2.42 bits per heavy atom. The minimum absolute atomic E-state index is 0.129. The Labute approximate surface area is 186 Å². The Morgan fingerprint density at radius 1 is 1.03 bits per heavy atom. The number of aryl methyl sites for hydroxylation is 1. The SMILES string of the molecule is COc1ccc(NC(=O)/C=C/c2ccc(C)cc2)cc1S(=O)(=O)Nc1ccccc1Cl. The summed E-state index contributed by atoms with van der Waals surface area (Å²) in [6, 6.07) is 18.5. The van der Waals surface area contributed by atoms with Gasteiger partial charge < -0.3 is 10.1 Å². The number of carbonyl (C=O) groups excluding carboxylic acids is 1. The highest BCUT2D eigenvalue weighted by atomic mass is 35.5. The van der Waals surface area contributed by atoms with E-state index in [1.54, 1.807) is 36.4 Å². The first-order valence-corrected chi connectivity index (χ1v) is 11.2. The van der Waals surface area contributed by atoms with Gasteiger partial charge in [-0.25, -0.2) is 8.42 Å². The van der Waals surface area contributed by atoms with Gasteiger partial charge in [-0.2, -0.15) is 0 Å². The Bertz CT molecular complexity index is 1220. The van der Waals surface area contributed by atoms with Crippen molar-refractivity contribution in [2.75, 3.05) is 17.1 Å². The number of halogens is 1. The summed E-state index contributed by atoms with van der Waals surface area (Å²) in [5.41, 5.74) is 2.54. The summed E-state index contributed by atoms with van der Waals surface area (Å²) in [4.78, 5) is 12.2. The molecule has 1 amide bonds. The topological polar surface area (TPSA) is 84.5 Å². The van der Waals surface area contributed by atoms with E-state index in [1.165, 1.54) is 25.3 Å². The number of nitrogens with one attached hydrogen (secondary N) is 2. The first-order chi connectivity index (χ1) is 14.8. The Kier molecular flexibility index (Phi) is 6.99. The fourth-order valence-electron chi connectivity index (χ4n) is 2.74. The molecule has 3 rings (SSSR count). The molecular formula is C23H21ClN2O4S. The van der Waals surface area contributed by atoms with E-state index in [9.17, 15) is 13.2 Å². The van der Waals surface area contributed by atoms with Gasteiger partial charge in [0.1, 0.15) is 10.6 Å². The summed E-state index contributed by atoms with van der Waals surface area (Å²) in [7, 11) is -2.66. The average Bonchev–Trinajstić information content (AvgIpc) is 2.75. The largest absolute Gasteiger partial charge is 0.495 e. The van der Waals surface area contributed by atoms with Crippen molar-refractivity contribution in [3.05, 3.63) is 89.0 Å². The smallest absolute Gasteiger partial charge is 0.265 e. The number of benzene rings is 3. The van der Waals surface area contributed by atoms with Crippen LogP contribution in [-0.4, -0.2) is 21.4 Å². The molecule has 160 valence electrons. The van der Waals surface area contributed by atoms with E-state index in [1.807, 2.05) is 31.2 Å². The van der Waals surface area contributed by atoms with Crippen molar-refractivity contribution < 1.29 is 17.9 Å². The van der Waals surface area contributed by atoms with E-state index < -0.39 is 15.9 Å². The van der Waals surface area contributed by atoms with Crippen molar-refractivity contribution in [2.24, 2.45) is 0 Å². The van der Waals surface area contributed by atoms with Gasteiger partial charge in [0, 0.05) is 11.8 Å². The second kappa shape index (κ2) is 9.68. The molecule has 0 fully saturated rings. The summed E-state index contributed by atoms with van der Waals surface area (Å²) in [6.07, 6.45) is 3.06. The summed E-state index contributed by atoms with van der Waals surface area (Å²) in [5, 5.41) is 2.92. The molecule has 0 saturated carbocycles. The van der Waals surface area contributed by atoms with E-state index >= 15 is 0 Å². The van der Waals surface area contributed by atoms with Gasteiger partial charge in [0.05, 0.1) is 17.8 Å². The second-order valence-corrected chi connectivity index (χ2v) is 8.74. The van der Waals surface area contributed by atoms with Crippen LogP contribution in [0.5, 0.6) is 5.75 Å². The van der Waals surface area contributed by atoms with Crippen LogP contribution in [0.2, 0.25) is 5.02 Å². The highest BCUT2D eigenvalue weighted by Crippen LogP contribution is 2.30. The van der Waals surface area contributed by atoms with Crippen molar-refractivity contribution in [3.8, 4) is 5.75 Å². The van der Waals surface area contributed by atoms with Gasteiger partial charge in [0.2, 0.25) is 5.91 Å². The quantitative estimate of drug-likeness (QED) is 0.484. The van der Waals surface area contributed by atoms with Gasteiger partial charge in [-0.15, -0.1) is 0 Å². The van der Waals surface area contributed by atoms with Crippen molar-refractivity contribution in [2.45, 2.75) is 11.8 Å². The monoisotopic (exact) mass is 456 g/mol. The van der Waals surface area contributed by atoms with Gasteiger partial charge in [-0.05, 0) is 48.9 Å². The maximum atomic E-state index is 12.9. The molecule has 0 unspecified atom stereocenters. The zero-order valence-corrected chi connectivity index (χ0v) is 18.5. The van der Waals surface area contributed by atoms with Gasteiger partial charge >= 0.3 is 0 Å². The molecule has 0 bridgehead atoms. The van der Waals surface area contributed by atoms with Crippen molar-refractivity contribution in [1.29, 1.82) is 0 Å². The fourth-order valence-corrected chi connectivity index (χ4v) is 4.26. The molecule has 0 atom stereocenters. The summed E-state index contributed by atoms with van der Waals surface area (Å²) < 4.78 is 33.5. The third-order valence-corrected chi connectivity index (χ3v) is 6.06. The number of carbonyl (C=O) groups is 1. The van der Waals surface area contributed by atoms with Crippen molar-refractivity contribution >= 4 is 45.0 Å². The van der Waals surface area contributed by atoms with Crippen LogP contribution >= 0.6 is 11.6 Å². The normalized spacial score (nSPS) is 11.3. The molecule has 3 aromatic rings. The van der Waals surface area contributed by atoms with Gasteiger partial charge in [0.15, 0.2) is 0 Å². The minimum Gasteiger partial charge on any atom is -0.495 e. The number of hydrogen-bond acceptors (Lipinski definition) is 4. The molecular weight excluding hydrogens is 436 g/mol. The molecule has 0 saturated heterocycles. The van der Waals surface area contributed by atoms with Crippen LogP contribution < -0.4 is 14.8 Å². The Hall–Kier alpha value is -3.29. The molecule has 0 heterocycles. The van der Waals surface area contributed by atoms with Gasteiger partial charge in [-0.1, -0.05) is 53.6 Å². The molecule has 8 heteroatoms. The average molecular weight is 457 g/mol. The predicted molar refractivity (Wildman–Crippen MR) is 124 cm³/mol. The lowest BCUT2D eigenvalue weighted by molar-refractivity contribution is -0.111. The minimum atomic E-state index is -4.03. The number of rotatable bonds is 7. The van der Waals surface area contributed by atoms with E-state index in [-0.39, 0.29) is 21.4 Å². The lowest BCUT2D eigenvalue weighted by atomic mass is 10.1. The number of amides is 1. The second-order valence-electron chi connectivity index (χ2n) is 6.68. The standard InChI is InChI=1S/C23H21ClN2O4S/c1-16-7-9-17(10-8-16)11-14-23(27)25-18-12-13-21(30-2)22(15-18)31(28,29)26-20-6-4-3-5-19(20)24/h3-15,26H,1-2H3,(H,25,27)/b14-11+. The fraction of sp³-hybridized carbons (Fsp3) is 0.0870. The maximum Gasteiger partial charge on any atom is 0.265 e. The number of para-hydroxylation sites is 1. The summed E-state index contributed by atoms with van der Waals surface area (Å²) in [6.45, 7) is 1.98. The number of sulfonamides is 1. The van der Waals surface area contributed by atoms with Crippen LogP contribution in [0, 0.1) is 6.92 Å². The molecule has 0 radical (unpaired) electrons. The number of ether oxygens (including phenoxy) is 1. The highest BCUT2D eigenvalue weighted by molar-refractivity contribution is 7.92. The van der Waals surface area contributed by atoms with Crippen LogP contribution in [0.3, 0.4) is 0 Å². The Balaban J connectivity index is 1.82. The molecule has 0 aliphatic carbocycles. The first kappa shape index (κ1) is 22.4. The van der Waals surface area contributed by atoms with Gasteiger partial charge in [-0.3, -0.25) is 9.52 Å². The van der Waals surface area contributed by atoms with Crippen LogP contribution in [0.4, 0.5) is 11.4 Å².